The van der Waals surface area contributed by atoms with Crippen molar-refractivity contribution in [3.63, 3.8) is 0 Å². The van der Waals surface area contributed by atoms with Crippen molar-refractivity contribution < 1.29 is 80.2 Å². The fraction of sp³-hybridized carbons (Fsp3) is 0.947. The van der Waals surface area contributed by atoms with Crippen LogP contribution < -0.4 is 0 Å². The van der Waals surface area contributed by atoms with Gasteiger partial charge in [0.15, 0.2) is 12.2 Å². The molecule has 0 saturated carbocycles. The van der Waals surface area contributed by atoms with Gasteiger partial charge in [-0.2, -0.15) is 0 Å². The maximum Gasteiger partial charge on any atom is 0.472 e. The maximum absolute atomic E-state index is 13.1. The zero-order valence-electron chi connectivity index (χ0n) is 62.3. The molecule has 6 atom stereocenters. The molecule has 19 heteroatoms. The molecule has 0 aliphatic rings. The Labute approximate surface area is 581 Å². The summed E-state index contributed by atoms with van der Waals surface area (Å²) in [6.07, 6.45) is 50.0. The number of aliphatic hydroxyl groups excluding tert-OH is 1. The highest BCUT2D eigenvalue weighted by molar-refractivity contribution is 7.47. The molecule has 0 saturated heterocycles. The van der Waals surface area contributed by atoms with E-state index >= 15 is 0 Å². The Morgan fingerprint density at radius 3 is 0.747 bits per heavy atom. The smallest absolute Gasteiger partial charge is 0.462 e. The van der Waals surface area contributed by atoms with Crippen LogP contribution in [0.5, 0.6) is 0 Å². The summed E-state index contributed by atoms with van der Waals surface area (Å²) >= 11 is 0. The Morgan fingerprint density at radius 1 is 0.295 bits per heavy atom. The Hall–Kier alpha value is -1.94. The average Bonchev–Trinajstić information content (AvgIpc) is 1.27. The Balaban J connectivity index is 5.25. The Bertz CT molecular complexity index is 1870. The van der Waals surface area contributed by atoms with Crippen LogP contribution in [0.4, 0.5) is 0 Å². The van der Waals surface area contributed by atoms with Gasteiger partial charge in [0.2, 0.25) is 0 Å². The first-order chi connectivity index (χ1) is 45.6. The summed E-state index contributed by atoms with van der Waals surface area (Å²) in [6.45, 7) is 14.2. The number of phosphoric ester groups is 2. The SMILES string of the molecule is CCC(C)CCCCCCCCCCCCCCCCC(=O)O[C@H](COC(=O)CCCCCCCCCCCCCCC(C)C)COP(=O)(O)OCC(O)COP(=O)(O)OC[C@@H](COC(=O)CCCCCCCCCCC(C)C)OC(=O)CCCCCCCCCCC(C)C. The summed E-state index contributed by atoms with van der Waals surface area (Å²) in [5.74, 6) is 0.950. The number of rotatable bonds is 73. The van der Waals surface area contributed by atoms with Crippen molar-refractivity contribution in [2.75, 3.05) is 39.6 Å². The number of carbonyl (C=O) groups excluding carboxylic acids is 4. The summed E-state index contributed by atoms with van der Waals surface area (Å²) in [7, 11) is -9.91. The van der Waals surface area contributed by atoms with Gasteiger partial charge in [-0.25, -0.2) is 9.13 Å². The molecule has 0 fully saturated rings. The molecule has 0 heterocycles. The van der Waals surface area contributed by atoms with Crippen molar-refractivity contribution in [2.24, 2.45) is 23.7 Å². The lowest BCUT2D eigenvalue weighted by Gasteiger charge is -2.21. The standard InChI is InChI=1S/C76H148O17P2/c1-9-69(8)55-47-39-31-21-17-12-10-11-13-19-23-34-42-50-58-75(80)92-71(62-86-73(78)56-48-40-32-22-18-15-14-16-20-28-36-44-52-66(2)3)64-90-94(82,83)88-60-70(77)61-89-95(84,85)91-65-72(93-76(81)59-51-43-35-27-25-30-38-46-54-68(6)7)63-87-74(79)57-49-41-33-26-24-29-37-45-53-67(4)5/h66-72,77H,9-65H2,1-8H3,(H,82,83)(H,84,85)/t69?,70?,71-,72-/m1/s1. The number of hydrogen-bond donors (Lipinski definition) is 3. The molecule has 0 bridgehead atoms. The van der Waals surface area contributed by atoms with E-state index in [0.717, 1.165) is 114 Å². The second-order valence-corrected chi connectivity index (χ2v) is 32.0. The number of phosphoric acid groups is 2. The second kappa shape index (κ2) is 65.4. The first kappa shape index (κ1) is 93.1. The van der Waals surface area contributed by atoms with Crippen LogP contribution in [0, 0.1) is 23.7 Å². The normalized spacial score (nSPS) is 14.4. The molecule has 564 valence electrons. The van der Waals surface area contributed by atoms with Gasteiger partial charge in [0.05, 0.1) is 26.4 Å². The van der Waals surface area contributed by atoms with E-state index in [2.05, 4.69) is 55.4 Å². The third kappa shape index (κ3) is 69.0. The molecule has 0 amide bonds. The van der Waals surface area contributed by atoms with Crippen LogP contribution in [0.1, 0.15) is 383 Å². The first-order valence-electron chi connectivity index (χ1n) is 39.2. The molecule has 3 N–H and O–H groups in total. The molecule has 0 aromatic carbocycles. The van der Waals surface area contributed by atoms with Crippen molar-refractivity contribution in [3.8, 4) is 0 Å². The van der Waals surface area contributed by atoms with E-state index in [1.807, 2.05) is 0 Å². The molecule has 0 radical (unpaired) electrons. The van der Waals surface area contributed by atoms with Gasteiger partial charge in [-0.15, -0.1) is 0 Å². The fourth-order valence-corrected chi connectivity index (χ4v) is 13.1. The van der Waals surface area contributed by atoms with Crippen molar-refractivity contribution >= 4 is 39.5 Å². The third-order valence-corrected chi connectivity index (χ3v) is 19.8. The average molecular weight is 1400 g/mol. The summed E-state index contributed by atoms with van der Waals surface area (Å²) in [4.78, 5) is 72.8. The second-order valence-electron chi connectivity index (χ2n) is 29.1. The highest BCUT2D eigenvalue weighted by Gasteiger charge is 2.30. The van der Waals surface area contributed by atoms with Crippen LogP contribution >= 0.6 is 15.6 Å². The van der Waals surface area contributed by atoms with E-state index in [9.17, 15) is 43.2 Å². The first-order valence-corrected chi connectivity index (χ1v) is 42.2. The van der Waals surface area contributed by atoms with Gasteiger partial charge < -0.3 is 33.8 Å². The van der Waals surface area contributed by atoms with E-state index in [-0.39, 0.29) is 25.7 Å². The van der Waals surface area contributed by atoms with Crippen molar-refractivity contribution in [3.05, 3.63) is 0 Å². The van der Waals surface area contributed by atoms with Gasteiger partial charge >= 0.3 is 39.5 Å². The minimum atomic E-state index is -4.96. The topological polar surface area (TPSA) is 237 Å². The molecule has 95 heavy (non-hydrogen) atoms. The van der Waals surface area contributed by atoms with Gasteiger partial charge in [-0.05, 0) is 49.4 Å². The van der Waals surface area contributed by atoms with E-state index in [4.69, 9.17) is 37.0 Å². The molecule has 0 aromatic heterocycles. The van der Waals surface area contributed by atoms with E-state index < -0.39 is 97.5 Å². The predicted molar refractivity (Wildman–Crippen MR) is 386 cm³/mol. The molecule has 0 spiro atoms. The number of carbonyl (C=O) groups is 4. The Morgan fingerprint density at radius 2 is 0.505 bits per heavy atom. The van der Waals surface area contributed by atoms with Crippen LogP contribution in [0.25, 0.3) is 0 Å². The quantitative estimate of drug-likeness (QED) is 0.0222. The van der Waals surface area contributed by atoms with Crippen LogP contribution in [-0.2, 0) is 65.4 Å². The number of ether oxygens (including phenoxy) is 4. The monoisotopic (exact) mass is 1400 g/mol. The van der Waals surface area contributed by atoms with E-state index in [1.54, 1.807) is 0 Å². The zero-order chi connectivity index (χ0) is 70.3. The molecule has 17 nitrogen and oxygen atoms in total. The highest BCUT2D eigenvalue weighted by Crippen LogP contribution is 2.45. The minimum Gasteiger partial charge on any atom is -0.462 e. The van der Waals surface area contributed by atoms with Crippen molar-refractivity contribution in [2.45, 2.75) is 401 Å². The van der Waals surface area contributed by atoms with Crippen LogP contribution in [-0.4, -0.2) is 96.7 Å². The van der Waals surface area contributed by atoms with Gasteiger partial charge in [0.1, 0.15) is 19.3 Å². The van der Waals surface area contributed by atoms with Gasteiger partial charge in [-0.1, -0.05) is 331 Å². The number of unbranched alkanes of at least 4 members (excludes halogenated alkanes) is 38. The van der Waals surface area contributed by atoms with Gasteiger partial charge in [-0.3, -0.25) is 37.3 Å². The zero-order valence-corrected chi connectivity index (χ0v) is 64.1. The van der Waals surface area contributed by atoms with Crippen LogP contribution in [0.3, 0.4) is 0 Å². The van der Waals surface area contributed by atoms with E-state index in [1.165, 1.54) is 186 Å². The number of esters is 4. The molecular formula is C76H148O17P2. The Kier molecular flexibility index (Phi) is 64.0. The van der Waals surface area contributed by atoms with Gasteiger partial charge in [0, 0.05) is 25.7 Å². The maximum atomic E-state index is 13.1. The summed E-state index contributed by atoms with van der Waals surface area (Å²) in [6, 6.07) is 0. The summed E-state index contributed by atoms with van der Waals surface area (Å²) in [5, 5.41) is 10.6. The minimum absolute atomic E-state index is 0.104. The summed E-state index contributed by atoms with van der Waals surface area (Å²) < 4.78 is 68.5. The molecule has 0 rings (SSSR count). The van der Waals surface area contributed by atoms with Crippen LogP contribution in [0.15, 0.2) is 0 Å². The fourth-order valence-electron chi connectivity index (χ4n) is 11.5. The van der Waals surface area contributed by atoms with Crippen LogP contribution in [0.2, 0.25) is 0 Å². The predicted octanol–water partition coefficient (Wildman–Crippen LogP) is 22.0. The van der Waals surface area contributed by atoms with Crippen molar-refractivity contribution in [1.29, 1.82) is 0 Å². The molecule has 0 aliphatic heterocycles. The van der Waals surface area contributed by atoms with Gasteiger partial charge in [0.25, 0.3) is 0 Å². The molecule has 0 aromatic rings. The highest BCUT2D eigenvalue weighted by atomic mass is 31.2. The molecule has 4 unspecified atom stereocenters. The van der Waals surface area contributed by atoms with E-state index in [0.29, 0.717) is 25.7 Å². The van der Waals surface area contributed by atoms with Crippen molar-refractivity contribution in [1.82, 2.24) is 0 Å². The largest absolute Gasteiger partial charge is 0.472 e. The third-order valence-electron chi connectivity index (χ3n) is 17.9. The molecule has 0 aliphatic carbocycles. The molecular weight excluding hydrogens is 1250 g/mol. The summed E-state index contributed by atoms with van der Waals surface area (Å²) in [5.41, 5.74) is 0. The number of aliphatic hydroxyl groups is 1. The number of hydrogen-bond acceptors (Lipinski definition) is 15. The lowest BCUT2D eigenvalue weighted by Crippen LogP contribution is -2.30. The lowest BCUT2D eigenvalue weighted by molar-refractivity contribution is -0.161. The lowest BCUT2D eigenvalue weighted by atomic mass is 9.99.